The second kappa shape index (κ2) is 10.5. The third-order valence-corrected chi connectivity index (χ3v) is 8.78. The van der Waals surface area contributed by atoms with E-state index in [0.717, 1.165) is 19.3 Å². The van der Waals surface area contributed by atoms with Gasteiger partial charge in [0.15, 0.2) is 17.3 Å². The summed E-state index contributed by atoms with van der Waals surface area (Å²) in [5, 5.41) is 13.1. The van der Waals surface area contributed by atoms with Crippen LogP contribution in [-0.2, 0) is 0 Å². The first-order chi connectivity index (χ1) is 17.8. The van der Waals surface area contributed by atoms with Gasteiger partial charge >= 0.3 is 6.09 Å². The van der Waals surface area contributed by atoms with Gasteiger partial charge in [0.1, 0.15) is 12.1 Å². The number of methoxy groups -OCH3 is 1. The van der Waals surface area contributed by atoms with Crippen molar-refractivity contribution in [3.63, 3.8) is 0 Å². The summed E-state index contributed by atoms with van der Waals surface area (Å²) in [6.07, 6.45) is 3.29. The highest BCUT2D eigenvalue weighted by molar-refractivity contribution is 9.10. The predicted octanol–water partition coefficient (Wildman–Crippen LogP) is 6.73. The van der Waals surface area contributed by atoms with Gasteiger partial charge in [-0.3, -0.25) is 0 Å². The molecule has 8 nitrogen and oxygen atoms in total. The number of likely N-dealkylation sites (tertiary alicyclic amines) is 1. The second-order valence-electron chi connectivity index (χ2n) is 9.57. The third kappa shape index (κ3) is 4.88. The number of rotatable bonds is 7. The van der Waals surface area contributed by atoms with Crippen LogP contribution in [0.2, 0.25) is 5.02 Å². The van der Waals surface area contributed by atoms with Crippen molar-refractivity contribution in [2.75, 3.05) is 25.6 Å². The van der Waals surface area contributed by atoms with Gasteiger partial charge in [0.25, 0.3) is 0 Å². The Morgan fingerprint density at radius 2 is 2.11 bits per heavy atom. The molecule has 1 aliphatic carbocycles. The summed E-state index contributed by atoms with van der Waals surface area (Å²) in [6.45, 7) is 3.17. The lowest BCUT2D eigenvalue weighted by Gasteiger charge is -2.25. The fourth-order valence-corrected chi connectivity index (χ4v) is 6.32. The van der Waals surface area contributed by atoms with E-state index in [2.05, 4.69) is 38.1 Å². The van der Waals surface area contributed by atoms with Gasteiger partial charge in [0.2, 0.25) is 0 Å². The smallest absolute Gasteiger partial charge is 0.407 e. The molecular formula is C26H27BrClFN4O4. The van der Waals surface area contributed by atoms with Crippen molar-refractivity contribution in [3.05, 3.63) is 45.9 Å². The first-order valence-corrected chi connectivity index (χ1v) is 13.3. The quantitative estimate of drug-likeness (QED) is 0.293. The third-order valence-electron chi connectivity index (χ3n) is 7.52. The van der Waals surface area contributed by atoms with E-state index in [0.29, 0.717) is 63.6 Å². The molecule has 4 atom stereocenters. The minimum atomic E-state index is -0.822. The minimum Gasteiger partial charge on any atom is -0.493 e. The van der Waals surface area contributed by atoms with Crippen LogP contribution in [0.1, 0.15) is 26.2 Å². The zero-order valence-corrected chi connectivity index (χ0v) is 22.7. The molecule has 1 saturated carbocycles. The number of nitrogens with one attached hydrogen (secondary N) is 1. The zero-order chi connectivity index (χ0) is 26.3. The lowest BCUT2D eigenvalue weighted by atomic mass is 9.92. The Kier molecular flexibility index (Phi) is 7.31. The summed E-state index contributed by atoms with van der Waals surface area (Å²) in [4.78, 5) is 21.9. The molecule has 37 heavy (non-hydrogen) atoms. The normalized spacial score (nSPS) is 22.8. The number of carboxylic acid groups (broad SMARTS) is 1. The van der Waals surface area contributed by atoms with Gasteiger partial charge < -0.3 is 24.8 Å². The molecular weight excluding hydrogens is 567 g/mol. The SMILES string of the molecule is CCC1[C@H]2CC(COc3cc4ncnc(Nc5ccc(Br)c(Cl)c5F)c4cc3OC)C[C@H]2CN1C(=O)O. The van der Waals surface area contributed by atoms with Crippen molar-refractivity contribution >= 4 is 56.0 Å². The summed E-state index contributed by atoms with van der Waals surface area (Å²) < 4.78 is 26.9. The Balaban J connectivity index is 1.33. The fraction of sp³-hybridized carbons (Fsp3) is 0.423. The van der Waals surface area contributed by atoms with Gasteiger partial charge in [-0.15, -0.1) is 0 Å². The predicted molar refractivity (Wildman–Crippen MR) is 142 cm³/mol. The zero-order valence-electron chi connectivity index (χ0n) is 20.4. The van der Waals surface area contributed by atoms with Crippen molar-refractivity contribution in [1.29, 1.82) is 0 Å². The Morgan fingerprint density at radius 3 is 2.84 bits per heavy atom. The molecule has 196 valence electrons. The Bertz CT molecular complexity index is 1350. The van der Waals surface area contributed by atoms with E-state index in [9.17, 15) is 14.3 Å². The van der Waals surface area contributed by atoms with Gasteiger partial charge in [0, 0.05) is 28.5 Å². The fourth-order valence-electron chi connectivity index (χ4n) is 5.85. The average Bonchev–Trinajstić information content (AvgIpc) is 3.45. The van der Waals surface area contributed by atoms with Crippen LogP contribution in [0.4, 0.5) is 20.7 Å². The average molecular weight is 594 g/mol. The molecule has 1 aliphatic heterocycles. The standard InChI is InChI=1S/C26H27BrClFN4O4/c1-3-20-15-7-13(6-14(15)10-33(20)26(34)35)11-37-22-9-19-16(8-21(22)36-2)25(31-12-30-19)32-18-5-4-17(27)23(28)24(18)29/h4-5,8-9,12-15,20H,3,6-7,10-11H2,1-2H3,(H,34,35)(H,30,31,32)/t13?,14-,15-,20?/m0/s1. The van der Waals surface area contributed by atoms with Crippen molar-refractivity contribution in [2.24, 2.45) is 17.8 Å². The van der Waals surface area contributed by atoms with E-state index in [-0.39, 0.29) is 16.8 Å². The number of aromatic nitrogens is 2. The van der Waals surface area contributed by atoms with E-state index in [1.54, 1.807) is 36.3 Å². The second-order valence-corrected chi connectivity index (χ2v) is 10.8. The molecule has 3 aromatic rings. The number of benzene rings is 2. The molecule has 2 unspecified atom stereocenters. The van der Waals surface area contributed by atoms with E-state index >= 15 is 0 Å². The maximum Gasteiger partial charge on any atom is 0.407 e. The molecule has 11 heteroatoms. The number of halogens is 3. The molecule has 2 fully saturated rings. The number of fused-ring (bicyclic) bond motifs is 2. The van der Waals surface area contributed by atoms with E-state index in [4.69, 9.17) is 21.1 Å². The minimum absolute atomic E-state index is 0.0198. The molecule has 1 saturated heterocycles. The van der Waals surface area contributed by atoms with Crippen molar-refractivity contribution in [2.45, 2.75) is 32.2 Å². The molecule has 0 bridgehead atoms. The Morgan fingerprint density at radius 1 is 1.30 bits per heavy atom. The maximum absolute atomic E-state index is 14.7. The van der Waals surface area contributed by atoms with Crippen LogP contribution >= 0.6 is 27.5 Å². The largest absolute Gasteiger partial charge is 0.493 e. The summed E-state index contributed by atoms with van der Waals surface area (Å²) >= 11 is 9.25. The molecule has 0 radical (unpaired) electrons. The van der Waals surface area contributed by atoms with Crippen LogP contribution in [-0.4, -0.2) is 52.4 Å². The molecule has 2 aliphatic rings. The van der Waals surface area contributed by atoms with Crippen molar-refractivity contribution in [1.82, 2.24) is 14.9 Å². The number of anilines is 2. The van der Waals surface area contributed by atoms with Crippen molar-refractivity contribution in [3.8, 4) is 11.5 Å². The number of amides is 1. The lowest BCUT2D eigenvalue weighted by Crippen LogP contribution is -2.37. The number of hydrogen-bond donors (Lipinski definition) is 2. The summed E-state index contributed by atoms with van der Waals surface area (Å²) in [7, 11) is 1.56. The van der Waals surface area contributed by atoms with E-state index in [1.165, 1.54) is 6.33 Å². The van der Waals surface area contributed by atoms with Gasteiger partial charge in [-0.2, -0.15) is 0 Å². The van der Waals surface area contributed by atoms with Crippen LogP contribution in [0.5, 0.6) is 11.5 Å². The highest BCUT2D eigenvalue weighted by Gasteiger charge is 2.48. The van der Waals surface area contributed by atoms with Crippen LogP contribution < -0.4 is 14.8 Å². The number of nitrogens with zero attached hydrogens (tertiary/aromatic N) is 3. The molecule has 2 aromatic carbocycles. The molecule has 0 spiro atoms. The Labute approximate surface area is 227 Å². The Hall–Kier alpha value is -2.85. The van der Waals surface area contributed by atoms with Crippen LogP contribution in [0.15, 0.2) is 35.1 Å². The van der Waals surface area contributed by atoms with E-state index in [1.807, 2.05) is 0 Å². The summed E-state index contributed by atoms with van der Waals surface area (Å²) in [6, 6.07) is 6.87. The number of ether oxygens (including phenoxy) is 2. The summed E-state index contributed by atoms with van der Waals surface area (Å²) in [5.74, 6) is 1.99. The van der Waals surface area contributed by atoms with Gasteiger partial charge in [-0.1, -0.05) is 18.5 Å². The lowest BCUT2D eigenvalue weighted by molar-refractivity contribution is 0.128. The molecule has 1 aromatic heterocycles. The molecule has 5 rings (SSSR count). The highest BCUT2D eigenvalue weighted by atomic mass is 79.9. The van der Waals surface area contributed by atoms with Gasteiger partial charge in [-0.25, -0.2) is 19.2 Å². The molecule has 2 heterocycles. The van der Waals surface area contributed by atoms with Gasteiger partial charge in [-0.05, 0) is 71.1 Å². The topological polar surface area (TPSA) is 96.8 Å². The van der Waals surface area contributed by atoms with Crippen LogP contribution in [0.25, 0.3) is 10.9 Å². The summed E-state index contributed by atoms with van der Waals surface area (Å²) in [5.41, 5.74) is 0.800. The monoisotopic (exact) mass is 592 g/mol. The molecule has 1 amide bonds. The van der Waals surface area contributed by atoms with Crippen LogP contribution in [0.3, 0.4) is 0 Å². The van der Waals surface area contributed by atoms with Gasteiger partial charge in [0.05, 0.1) is 29.9 Å². The molecule has 2 N–H and O–H groups in total. The first-order valence-electron chi connectivity index (χ1n) is 12.2. The maximum atomic E-state index is 14.7. The van der Waals surface area contributed by atoms with Crippen LogP contribution in [0, 0.1) is 23.6 Å². The van der Waals surface area contributed by atoms with Crippen molar-refractivity contribution < 1.29 is 23.8 Å². The number of carbonyl (C=O) groups is 1. The number of hydrogen-bond acceptors (Lipinski definition) is 6. The van der Waals surface area contributed by atoms with E-state index < -0.39 is 11.9 Å². The first kappa shape index (κ1) is 25.8. The highest BCUT2D eigenvalue weighted by Crippen LogP contribution is 2.46.